The standard InChI is InChI=1S/C23H24N2O4S3/c26-23(25-10-8-20-19(9-13-31-20)22(25)21-7-3-12-30-21)16-4-1-6-18(14-16)32(27,28)24-15-17-5-2-11-29-17/h1,3-4,6-7,9,12-14,17,22,24H,2,5,8,10-11,15H2/t17-,22-/m1/s1. The summed E-state index contributed by atoms with van der Waals surface area (Å²) in [6, 6.07) is 12.3. The van der Waals surface area contributed by atoms with Crippen molar-refractivity contribution in [2.45, 2.75) is 36.3 Å². The Kier molecular flexibility index (Phi) is 6.18. The van der Waals surface area contributed by atoms with E-state index < -0.39 is 10.0 Å². The van der Waals surface area contributed by atoms with Gasteiger partial charge in [-0.3, -0.25) is 4.79 Å². The fourth-order valence-electron chi connectivity index (χ4n) is 4.34. The van der Waals surface area contributed by atoms with Gasteiger partial charge in [0.05, 0.1) is 17.0 Å². The van der Waals surface area contributed by atoms with Crippen molar-refractivity contribution < 1.29 is 17.9 Å². The highest BCUT2D eigenvalue weighted by atomic mass is 32.2. The van der Waals surface area contributed by atoms with E-state index in [-0.39, 0.29) is 29.5 Å². The molecule has 6 nitrogen and oxygen atoms in total. The number of carbonyl (C=O) groups is 1. The molecule has 0 bridgehead atoms. The van der Waals surface area contributed by atoms with Crippen LogP contribution in [0.3, 0.4) is 0 Å². The number of hydrogen-bond donors (Lipinski definition) is 1. The summed E-state index contributed by atoms with van der Waals surface area (Å²) in [5.74, 6) is -0.156. The van der Waals surface area contributed by atoms with Crippen LogP contribution in [0.5, 0.6) is 0 Å². The predicted octanol–water partition coefficient (Wildman–Crippen LogP) is 4.05. The zero-order valence-electron chi connectivity index (χ0n) is 17.4. The number of fused-ring (bicyclic) bond motifs is 1. The van der Waals surface area contributed by atoms with E-state index in [0.717, 1.165) is 24.1 Å². The number of nitrogens with zero attached hydrogens (tertiary/aromatic N) is 1. The lowest BCUT2D eigenvalue weighted by Crippen LogP contribution is -2.40. The summed E-state index contributed by atoms with van der Waals surface area (Å²) in [5, 5.41) is 4.09. The zero-order valence-corrected chi connectivity index (χ0v) is 19.8. The van der Waals surface area contributed by atoms with Crippen molar-refractivity contribution in [3.05, 3.63) is 74.1 Å². The first-order chi connectivity index (χ1) is 15.5. The molecule has 0 unspecified atom stereocenters. The minimum Gasteiger partial charge on any atom is -0.377 e. The van der Waals surface area contributed by atoms with Gasteiger partial charge < -0.3 is 9.64 Å². The van der Waals surface area contributed by atoms with Crippen LogP contribution in [0.2, 0.25) is 0 Å². The molecule has 0 saturated carbocycles. The number of sulfonamides is 1. The lowest BCUT2D eigenvalue weighted by molar-refractivity contribution is 0.0698. The number of amides is 1. The third-order valence-corrected chi connectivity index (χ3v) is 9.30. The van der Waals surface area contributed by atoms with Crippen molar-refractivity contribution in [2.24, 2.45) is 0 Å². The third kappa shape index (κ3) is 4.27. The van der Waals surface area contributed by atoms with E-state index in [1.54, 1.807) is 34.8 Å². The summed E-state index contributed by atoms with van der Waals surface area (Å²) < 4.78 is 33.8. The van der Waals surface area contributed by atoms with Crippen LogP contribution in [-0.4, -0.2) is 45.0 Å². The van der Waals surface area contributed by atoms with Gasteiger partial charge in [-0.05, 0) is 65.9 Å². The molecule has 4 heterocycles. The van der Waals surface area contributed by atoms with Crippen molar-refractivity contribution in [3.8, 4) is 0 Å². The summed E-state index contributed by atoms with van der Waals surface area (Å²) in [6.45, 7) is 1.51. The minimum atomic E-state index is -3.73. The third-order valence-electron chi connectivity index (χ3n) is 5.96. The lowest BCUT2D eigenvalue weighted by Gasteiger charge is -2.35. The molecule has 3 aromatic rings. The fourth-order valence-corrected chi connectivity index (χ4v) is 7.21. The Hall–Kier alpha value is -2.04. The van der Waals surface area contributed by atoms with E-state index in [1.807, 2.05) is 16.3 Å². The predicted molar refractivity (Wildman–Crippen MR) is 126 cm³/mol. The number of thiophene rings is 2. The molecule has 32 heavy (non-hydrogen) atoms. The topological polar surface area (TPSA) is 75.7 Å². The lowest BCUT2D eigenvalue weighted by atomic mass is 9.97. The molecule has 2 atom stereocenters. The highest BCUT2D eigenvalue weighted by Gasteiger charge is 2.34. The molecule has 1 saturated heterocycles. The van der Waals surface area contributed by atoms with E-state index in [0.29, 0.717) is 18.7 Å². The molecule has 5 rings (SSSR count). The maximum absolute atomic E-state index is 13.6. The summed E-state index contributed by atoms with van der Waals surface area (Å²) in [5.41, 5.74) is 1.55. The molecule has 9 heteroatoms. The molecular formula is C23H24N2O4S3. The van der Waals surface area contributed by atoms with Crippen LogP contribution in [-0.2, 0) is 21.2 Å². The molecule has 0 aliphatic carbocycles. The van der Waals surface area contributed by atoms with Gasteiger partial charge in [0.1, 0.15) is 0 Å². The molecule has 1 aromatic carbocycles. The molecular weight excluding hydrogens is 464 g/mol. The summed E-state index contributed by atoms with van der Waals surface area (Å²) in [4.78, 5) is 18.0. The summed E-state index contributed by atoms with van der Waals surface area (Å²) in [6.07, 6.45) is 2.52. The van der Waals surface area contributed by atoms with Gasteiger partial charge in [0.2, 0.25) is 10.0 Å². The number of nitrogens with one attached hydrogen (secondary N) is 1. The average molecular weight is 489 g/mol. The smallest absolute Gasteiger partial charge is 0.254 e. The Morgan fingerprint density at radius 1 is 1.16 bits per heavy atom. The van der Waals surface area contributed by atoms with Crippen molar-refractivity contribution in [1.29, 1.82) is 0 Å². The van der Waals surface area contributed by atoms with Gasteiger partial charge in [-0.1, -0.05) is 12.1 Å². The second-order valence-corrected chi connectivity index (χ2v) is 11.7. The first kappa shape index (κ1) is 21.8. The summed E-state index contributed by atoms with van der Waals surface area (Å²) >= 11 is 3.36. The van der Waals surface area contributed by atoms with E-state index in [9.17, 15) is 13.2 Å². The van der Waals surface area contributed by atoms with Crippen LogP contribution in [0.1, 0.15) is 44.6 Å². The van der Waals surface area contributed by atoms with Gasteiger partial charge in [-0.25, -0.2) is 13.1 Å². The molecule has 1 N–H and O–H groups in total. The number of hydrogen-bond acceptors (Lipinski definition) is 6. The van der Waals surface area contributed by atoms with Crippen LogP contribution in [0.15, 0.2) is 58.1 Å². The normalized spacial score (nSPS) is 20.9. The first-order valence-electron chi connectivity index (χ1n) is 10.6. The van der Waals surface area contributed by atoms with Crippen LogP contribution in [0, 0.1) is 0 Å². The molecule has 2 aromatic heterocycles. The number of benzene rings is 1. The molecule has 0 spiro atoms. The molecule has 1 amide bonds. The maximum Gasteiger partial charge on any atom is 0.254 e. The van der Waals surface area contributed by atoms with E-state index >= 15 is 0 Å². The number of rotatable bonds is 6. The molecule has 2 aliphatic heterocycles. The maximum atomic E-state index is 13.6. The second-order valence-electron chi connectivity index (χ2n) is 7.98. The molecule has 1 fully saturated rings. The van der Waals surface area contributed by atoms with Gasteiger partial charge in [0.25, 0.3) is 5.91 Å². The van der Waals surface area contributed by atoms with Crippen LogP contribution in [0.4, 0.5) is 0 Å². The van der Waals surface area contributed by atoms with Gasteiger partial charge in [0.15, 0.2) is 0 Å². The zero-order chi connectivity index (χ0) is 22.1. The average Bonchev–Trinajstić information content (AvgIpc) is 3.59. The number of carbonyl (C=O) groups excluding carboxylic acids is 1. The number of ether oxygens (including phenoxy) is 1. The van der Waals surface area contributed by atoms with Gasteiger partial charge in [-0.15, -0.1) is 22.7 Å². The van der Waals surface area contributed by atoms with Crippen molar-refractivity contribution in [3.63, 3.8) is 0 Å². The van der Waals surface area contributed by atoms with E-state index in [4.69, 9.17) is 4.74 Å². The summed E-state index contributed by atoms with van der Waals surface area (Å²) in [7, 11) is -3.73. The van der Waals surface area contributed by atoms with Gasteiger partial charge in [0, 0.05) is 35.0 Å². The molecule has 0 radical (unpaired) electrons. The monoisotopic (exact) mass is 488 g/mol. The van der Waals surface area contributed by atoms with Gasteiger partial charge >= 0.3 is 0 Å². The Bertz CT molecular complexity index is 1200. The quantitative estimate of drug-likeness (QED) is 0.568. The minimum absolute atomic E-state index is 0.0886. The second kappa shape index (κ2) is 9.07. The van der Waals surface area contributed by atoms with Crippen LogP contribution in [0.25, 0.3) is 0 Å². The van der Waals surface area contributed by atoms with Crippen molar-refractivity contribution >= 4 is 38.6 Å². The highest BCUT2D eigenvalue weighted by Crippen LogP contribution is 2.40. The Morgan fingerprint density at radius 2 is 2.06 bits per heavy atom. The molecule has 2 aliphatic rings. The molecule has 168 valence electrons. The van der Waals surface area contributed by atoms with Crippen LogP contribution < -0.4 is 4.72 Å². The van der Waals surface area contributed by atoms with E-state index in [1.165, 1.54) is 22.6 Å². The fraction of sp³-hybridized carbons (Fsp3) is 0.348. The Morgan fingerprint density at radius 3 is 2.84 bits per heavy atom. The largest absolute Gasteiger partial charge is 0.377 e. The SMILES string of the molecule is O=C(c1cccc(S(=O)(=O)NC[C@H]2CCCO2)c1)N1CCc2sccc2[C@@H]1c1cccs1. The Labute approximate surface area is 195 Å². The Balaban J connectivity index is 1.41. The van der Waals surface area contributed by atoms with Gasteiger partial charge in [-0.2, -0.15) is 0 Å². The van der Waals surface area contributed by atoms with Crippen LogP contribution >= 0.6 is 22.7 Å². The first-order valence-corrected chi connectivity index (χ1v) is 13.9. The van der Waals surface area contributed by atoms with Crippen molar-refractivity contribution in [2.75, 3.05) is 19.7 Å². The highest BCUT2D eigenvalue weighted by molar-refractivity contribution is 7.89. The van der Waals surface area contributed by atoms with E-state index in [2.05, 4.69) is 22.2 Å². The van der Waals surface area contributed by atoms with Crippen molar-refractivity contribution in [1.82, 2.24) is 9.62 Å².